The first-order valence-corrected chi connectivity index (χ1v) is 10.4. The van der Waals surface area contributed by atoms with E-state index in [1.165, 1.54) is 36.4 Å². The van der Waals surface area contributed by atoms with E-state index < -0.39 is 74.2 Å². The van der Waals surface area contributed by atoms with Gasteiger partial charge in [-0.05, 0) is 16.3 Å². The smallest absolute Gasteiger partial charge is 0.204 e. The van der Waals surface area contributed by atoms with Crippen molar-refractivity contribution in [1.82, 2.24) is 0 Å². The average molecular weight is 504 g/mol. The van der Waals surface area contributed by atoms with Crippen LogP contribution >= 0.6 is 0 Å². The van der Waals surface area contributed by atoms with E-state index in [-0.39, 0.29) is 21.9 Å². The fraction of sp³-hybridized carbons (Fsp3) is 0.0370. The lowest BCUT2D eigenvalue weighted by Gasteiger charge is -2.20. The van der Waals surface area contributed by atoms with Crippen LogP contribution in [0.1, 0.15) is 0 Å². The van der Waals surface area contributed by atoms with Crippen LogP contribution in [0.5, 0.6) is 5.75 Å². The summed E-state index contributed by atoms with van der Waals surface area (Å²) in [4.78, 5) is 0. The highest BCUT2D eigenvalue weighted by Gasteiger charge is 2.33. The van der Waals surface area contributed by atoms with Crippen LogP contribution in [0.4, 0.5) is 35.1 Å². The molecule has 0 unspecified atom stereocenters. The van der Waals surface area contributed by atoms with E-state index in [0.717, 1.165) is 7.11 Å². The molecule has 0 aromatic heterocycles. The fourth-order valence-corrected chi connectivity index (χ4v) is 4.46. The largest absolute Gasteiger partial charge is 0.491 e. The summed E-state index contributed by atoms with van der Waals surface area (Å²) in [5.41, 5.74) is -2.21. The zero-order valence-corrected chi connectivity index (χ0v) is 18.1. The lowest BCUT2D eigenvalue weighted by molar-refractivity contribution is 0.334. The van der Waals surface area contributed by atoms with Gasteiger partial charge in [0.15, 0.2) is 40.7 Å². The van der Waals surface area contributed by atoms with Crippen molar-refractivity contribution in [2.45, 2.75) is 0 Å². The number of halogens is 8. The number of benzene rings is 5. The summed E-state index contributed by atoms with van der Waals surface area (Å²) in [5, 5.41) is -2.12. The van der Waals surface area contributed by atoms with Gasteiger partial charge in [0.25, 0.3) is 0 Å². The molecule has 0 fully saturated rings. The highest BCUT2D eigenvalue weighted by atomic mass is 19.2. The zero-order chi connectivity index (χ0) is 25.9. The molecule has 36 heavy (non-hydrogen) atoms. The van der Waals surface area contributed by atoms with Crippen molar-refractivity contribution in [1.29, 1.82) is 0 Å². The molecule has 1 nitrogen and oxygen atoms in total. The summed E-state index contributed by atoms with van der Waals surface area (Å²) in [6.07, 6.45) is 0. The first kappa shape index (κ1) is 23.6. The monoisotopic (exact) mass is 504 g/mol. The standard InChI is InChI=1S/C27H12F8O/c1-36-27-25(34)21(30)18(22(31)26(27)35)15-13-10-6-5-9-12(13)14(11-7-3-2-4-8-11)16-17(15)20(29)24(33)23(32)19(16)28/h2-10H,1H3. The number of ether oxygens (including phenoxy) is 1. The van der Waals surface area contributed by atoms with E-state index in [1.807, 2.05) is 0 Å². The molecule has 0 spiro atoms. The van der Waals surface area contributed by atoms with Gasteiger partial charge in [-0.15, -0.1) is 0 Å². The second kappa shape index (κ2) is 8.51. The highest BCUT2D eigenvalue weighted by molar-refractivity contribution is 6.21. The van der Waals surface area contributed by atoms with Gasteiger partial charge in [0.2, 0.25) is 11.6 Å². The van der Waals surface area contributed by atoms with E-state index in [4.69, 9.17) is 0 Å². The van der Waals surface area contributed by atoms with Crippen molar-refractivity contribution >= 4 is 21.5 Å². The van der Waals surface area contributed by atoms with Crippen molar-refractivity contribution in [3.8, 4) is 28.0 Å². The lowest BCUT2D eigenvalue weighted by Crippen LogP contribution is -2.07. The van der Waals surface area contributed by atoms with E-state index >= 15 is 17.6 Å². The number of hydrogen-bond donors (Lipinski definition) is 0. The van der Waals surface area contributed by atoms with Gasteiger partial charge in [-0.2, -0.15) is 8.78 Å². The van der Waals surface area contributed by atoms with Gasteiger partial charge in [0, 0.05) is 21.9 Å². The van der Waals surface area contributed by atoms with Crippen molar-refractivity contribution < 1.29 is 39.9 Å². The van der Waals surface area contributed by atoms with Crippen LogP contribution in [-0.2, 0) is 0 Å². The topological polar surface area (TPSA) is 9.23 Å². The molecule has 9 heteroatoms. The minimum absolute atomic E-state index is 0.0333. The van der Waals surface area contributed by atoms with Crippen LogP contribution in [0.25, 0.3) is 43.8 Å². The third-order valence-electron chi connectivity index (χ3n) is 5.97. The molecule has 5 rings (SSSR count). The molecular formula is C27H12F8O. The number of methoxy groups -OCH3 is 1. The molecule has 0 aliphatic rings. The third kappa shape index (κ3) is 3.15. The first-order valence-electron chi connectivity index (χ1n) is 10.4. The molecule has 0 amide bonds. The summed E-state index contributed by atoms with van der Waals surface area (Å²) in [6, 6.07) is 13.1. The average Bonchev–Trinajstić information content (AvgIpc) is 2.90. The predicted octanol–water partition coefficient (Wildman–Crippen LogP) is 8.45. The van der Waals surface area contributed by atoms with Gasteiger partial charge in [0.05, 0.1) is 12.7 Å². The van der Waals surface area contributed by atoms with E-state index in [1.54, 1.807) is 18.2 Å². The maximum Gasteiger partial charge on any atom is 0.204 e. The second-order valence-corrected chi connectivity index (χ2v) is 7.83. The third-order valence-corrected chi connectivity index (χ3v) is 5.97. The summed E-state index contributed by atoms with van der Waals surface area (Å²) >= 11 is 0. The Hall–Kier alpha value is -4.14. The first-order chi connectivity index (χ1) is 17.2. The molecule has 0 atom stereocenters. The minimum atomic E-state index is -2.26. The van der Waals surface area contributed by atoms with Crippen molar-refractivity contribution in [3.05, 3.63) is 101 Å². The van der Waals surface area contributed by atoms with Crippen LogP contribution in [0.2, 0.25) is 0 Å². The summed E-state index contributed by atoms with van der Waals surface area (Å²) < 4.78 is 124. The van der Waals surface area contributed by atoms with Gasteiger partial charge in [0.1, 0.15) is 0 Å². The second-order valence-electron chi connectivity index (χ2n) is 7.83. The summed E-state index contributed by atoms with van der Waals surface area (Å²) in [6.45, 7) is 0. The molecule has 0 radical (unpaired) electrons. The van der Waals surface area contributed by atoms with Gasteiger partial charge >= 0.3 is 0 Å². The van der Waals surface area contributed by atoms with Crippen molar-refractivity contribution in [3.63, 3.8) is 0 Å². The quantitative estimate of drug-likeness (QED) is 0.104. The van der Waals surface area contributed by atoms with E-state index in [0.29, 0.717) is 0 Å². The number of rotatable bonds is 3. The molecule has 182 valence electrons. The maximum atomic E-state index is 15.4. The van der Waals surface area contributed by atoms with E-state index in [2.05, 4.69) is 4.74 Å². The van der Waals surface area contributed by atoms with Crippen LogP contribution in [0.3, 0.4) is 0 Å². The van der Waals surface area contributed by atoms with Crippen LogP contribution < -0.4 is 4.74 Å². The molecular weight excluding hydrogens is 492 g/mol. The molecule has 0 saturated carbocycles. The Morgan fingerprint density at radius 1 is 0.444 bits per heavy atom. The SMILES string of the molecule is COc1c(F)c(F)c(-c2c3ccccc3c(-c3ccccc3)c3c(F)c(F)c(F)c(F)c23)c(F)c1F. The molecule has 5 aromatic rings. The molecule has 0 heterocycles. The minimum Gasteiger partial charge on any atom is -0.491 e. The van der Waals surface area contributed by atoms with Crippen molar-refractivity contribution in [2.24, 2.45) is 0 Å². The normalized spacial score (nSPS) is 11.5. The summed E-state index contributed by atoms with van der Waals surface area (Å²) in [5.74, 6) is -17.5. The Balaban J connectivity index is 2.16. The van der Waals surface area contributed by atoms with Gasteiger partial charge in [-0.1, -0.05) is 54.6 Å². The molecule has 0 saturated heterocycles. The fourth-order valence-electron chi connectivity index (χ4n) is 4.46. The Bertz CT molecular complexity index is 1670. The predicted molar refractivity (Wildman–Crippen MR) is 119 cm³/mol. The van der Waals surface area contributed by atoms with Gasteiger partial charge in [-0.3, -0.25) is 0 Å². The van der Waals surface area contributed by atoms with Crippen LogP contribution in [0, 0.1) is 46.5 Å². The number of fused-ring (bicyclic) bond motifs is 2. The Kier molecular flexibility index (Phi) is 5.58. The highest BCUT2D eigenvalue weighted by Crippen LogP contribution is 2.48. The Morgan fingerprint density at radius 2 is 0.889 bits per heavy atom. The van der Waals surface area contributed by atoms with Gasteiger partial charge in [-0.25, -0.2) is 26.3 Å². The van der Waals surface area contributed by atoms with Crippen LogP contribution in [0.15, 0.2) is 54.6 Å². The van der Waals surface area contributed by atoms with E-state index in [9.17, 15) is 17.6 Å². The Labute approximate surface area is 198 Å². The summed E-state index contributed by atoms with van der Waals surface area (Å²) in [7, 11) is 0.771. The molecule has 0 aliphatic heterocycles. The van der Waals surface area contributed by atoms with Gasteiger partial charge < -0.3 is 4.74 Å². The lowest BCUT2D eigenvalue weighted by atomic mass is 9.85. The molecule has 5 aromatic carbocycles. The van der Waals surface area contributed by atoms with Crippen LogP contribution in [-0.4, -0.2) is 7.11 Å². The maximum absolute atomic E-state index is 15.4. The van der Waals surface area contributed by atoms with Crippen molar-refractivity contribution in [2.75, 3.05) is 7.11 Å². The molecule has 0 bridgehead atoms. The molecule has 0 aliphatic carbocycles. The zero-order valence-electron chi connectivity index (χ0n) is 18.1. The number of hydrogen-bond acceptors (Lipinski definition) is 1. The Morgan fingerprint density at radius 3 is 1.39 bits per heavy atom. The molecule has 0 N–H and O–H groups in total.